The minimum atomic E-state index is -0.438. The number of rotatable bonds is 5. The summed E-state index contributed by atoms with van der Waals surface area (Å²) in [6.07, 6.45) is 32.2. The van der Waals surface area contributed by atoms with Crippen molar-refractivity contribution in [1.29, 1.82) is 0 Å². The second kappa shape index (κ2) is 70.8. The number of terminal acetylenes is 4. The zero-order valence-corrected chi connectivity index (χ0v) is 71.7. The molecule has 0 spiro atoms. The van der Waals surface area contributed by atoms with Gasteiger partial charge in [0.1, 0.15) is 0 Å². The predicted octanol–water partition coefficient (Wildman–Crippen LogP) is 6.92. The molecule has 0 aromatic heterocycles. The first-order valence-corrected chi connectivity index (χ1v) is 38.7. The van der Waals surface area contributed by atoms with Crippen LogP contribution in [0.4, 0.5) is 0 Å². The molecular weight excluding hydrogens is 1580 g/mol. The summed E-state index contributed by atoms with van der Waals surface area (Å²) in [5, 5.41) is 4.81. The smallest absolute Gasteiger partial charge is 0.0487 e. The monoisotopic (exact) mass is 1630 g/mol. The molecule has 4 rings (SSSR count). The van der Waals surface area contributed by atoms with E-state index >= 15 is 0 Å². The maximum atomic E-state index is 6.34. The highest BCUT2D eigenvalue weighted by Crippen LogP contribution is 2.48. The van der Waals surface area contributed by atoms with Gasteiger partial charge in [0.25, 0.3) is 0 Å². The van der Waals surface area contributed by atoms with Crippen molar-refractivity contribution in [2.24, 2.45) is 71.0 Å². The molecule has 579 valence electrons. The predicted molar refractivity (Wildman–Crippen MR) is 526 cm³/mol. The van der Waals surface area contributed by atoms with Gasteiger partial charge in [-0.25, -0.2) is 0 Å². The van der Waals surface area contributed by atoms with Crippen LogP contribution in [0.15, 0.2) is 12.1 Å². The number of hydrogen-bond acceptors (Lipinski definition) is 1. The van der Waals surface area contributed by atoms with E-state index in [9.17, 15) is 0 Å². The summed E-state index contributed by atoms with van der Waals surface area (Å²) in [5.74, 6) is 249. The van der Waals surface area contributed by atoms with Crippen molar-refractivity contribution < 1.29 is 0 Å². The third kappa shape index (κ3) is 46.7. The van der Waals surface area contributed by atoms with E-state index in [2.05, 4.69) is 582 Å². The van der Waals surface area contributed by atoms with Crippen LogP contribution in [0.1, 0.15) is 84.8 Å². The van der Waals surface area contributed by atoms with Gasteiger partial charge >= 0.3 is 0 Å². The minimum absolute atomic E-state index is 0.0235. The average Bonchev–Trinajstić information content (AvgIpc) is 0.773. The number of benzene rings is 1. The van der Waals surface area contributed by atoms with Crippen molar-refractivity contribution in [2.45, 2.75) is 79.7 Å². The van der Waals surface area contributed by atoms with Crippen molar-refractivity contribution in [3.8, 4) is 570 Å². The van der Waals surface area contributed by atoms with E-state index in [0.717, 1.165) is 6.42 Å². The van der Waals surface area contributed by atoms with Gasteiger partial charge in [-0.1, -0.05) is 103 Å². The highest BCUT2D eigenvalue weighted by atomic mass is 14.9. The van der Waals surface area contributed by atoms with E-state index < -0.39 is 17.8 Å². The molecule has 1 aromatic rings. The molecule has 0 bridgehead atoms. The molecule has 3 aliphatic rings. The van der Waals surface area contributed by atoms with Crippen LogP contribution < -0.4 is 15.8 Å². The van der Waals surface area contributed by atoms with Gasteiger partial charge < -0.3 is 5.32 Å². The third-order valence-corrected chi connectivity index (χ3v) is 16.8. The Morgan fingerprint density at radius 3 is 0.771 bits per heavy atom. The van der Waals surface area contributed by atoms with Crippen LogP contribution in [-0.2, 0) is 0 Å². The summed E-state index contributed by atoms with van der Waals surface area (Å²) in [7, 11) is 1.85. The van der Waals surface area contributed by atoms with Gasteiger partial charge in [0.2, 0.25) is 0 Å². The fraction of sp³-hybridized carbons (Fsp3) is 0.192. The van der Waals surface area contributed by atoms with E-state index in [0.29, 0.717) is 47.2 Å². The maximum Gasteiger partial charge on any atom is 0.0487 e. The van der Waals surface area contributed by atoms with Crippen molar-refractivity contribution in [1.82, 2.24) is 5.32 Å². The van der Waals surface area contributed by atoms with Crippen molar-refractivity contribution in [3.05, 3.63) is 40.1 Å². The van der Waals surface area contributed by atoms with Gasteiger partial charge in [-0.2, -0.15) is 0 Å². The van der Waals surface area contributed by atoms with E-state index in [-0.39, 0.29) is 59.3 Å². The van der Waals surface area contributed by atoms with E-state index in [1.54, 1.807) is 27.7 Å². The molecule has 13 atom stereocenters. The van der Waals surface area contributed by atoms with Crippen LogP contribution in [-0.4, -0.2) is 13.1 Å². The zero-order valence-electron chi connectivity index (χ0n) is 71.7. The normalized spacial score (nSPS) is 16.0. The summed E-state index contributed by atoms with van der Waals surface area (Å²) in [5.41, 5.74) is 0.943. The van der Waals surface area contributed by atoms with Crippen LogP contribution in [0, 0.1) is 648 Å². The van der Waals surface area contributed by atoms with Gasteiger partial charge in [-0.3, -0.25) is 0 Å². The van der Waals surface area contributed by atoms with Gasteiger partial charge in [0.05, 0.1) is 0 Å². The lowest BCUT2D eigenvalue weighted by molar-refractivity contribution is 0.123. The molecule has 3 aliphatic carbocycles. The summed E-state index contributed by atoms with van der Waals surface area (Å²) < 4.78 is 0. The molecule has 131 heavy (non-hydrogen) atoms. The minimum Gasteiger partial charge on any atom is -0.315 e. The maximum absolute atomic E-state index is 6.34. The van der Waals surface area contributed by atoms with Crippen molar-refractivity contribution >= 4 is 12.2 Å². The van der Waals surface area contributed by atoms with Crippen LogP contribution in [0.25, 0.3) is 12.2 Å². The van der Waals surface area contributed by atoms with Gasteiger partial charge in [-0.15, -0.1) is 31.6 Å². The Labute approximate surface area is 780 Å². The number of hydrogen-bond donors (Lipinski definition) is 1. The highest BCUT2D eigenvalue weighted by molar-refractivity contribution is 5.61. The van der Waals surface area contributed by atoms with Crippen molar-refractivity contribution in [2.75, 3.05) is 7.05 Å². The Morgan fingerprint density at radius 1 is 0.260 bits per heavy atom. The van der Waals surface area contributed by atoms with Crippen LogP contribution in [0.2, 0.25) is 0 Å². The van der Waals surface area contributed by atoms with Gasteiger partial charge in [0.15, 0.2) is 0 Å². The average molecular weight is 1630 g/mol. The third-order valence-electron chi connectivity index (χ3n) is 16.8. The molecular formula is C130H54N. The molecule has 0 saturated heterocycles. The zero-order chi connectivity index (χ0) is 93.6. The van der Waals surface area contributed by atoms with E-state index in [4.69, 9.17) is 25.7 Å². The second-order valence-corrected chi connectivity index (χ2v) is 24.8. The quantitative estimate of drug-likeness (QED) is 0.316. The first kappa shape index (κ1) is 101. The molecule has 1 heteroatoms. The lowest BCUT2D eigenvalue weighted by Crippen LogP contribution is -2.44. The van der Waals surface area contributed by atoms with Crippen molar-refractivity contribution in [3.63, 3.8) is 0 Å². The molecule has 3 fully saturated rings. The molecule has 1 N–H and O–H groups in total. The number of nitrogens with one attached hydrogen (secondary N) is 1. The fourth-order valence-electron chi connectivity index (χ4n) is 11.7. The van der Waals surface area contributed by atoms with E-state index in [1.807, 2.05) is 19.2 Å². The van der Waals surface area contributed by atoms with Crippen LogP contribution in [0.3, 0.4) is 0 Å². The largest absolute Gasteiger partial charge is 0.315 e. The molecule has 0 heterocycles. The lowest BCUT2D eigenvalue weighted by atomic mass is 9.59. The second-order valence-electron chi connectivity index (χ2n) is 24.8. The van der Waals surface area contributed by atoms with Gasteiger partial charge in [-0.05, 0) is 551 Å². The SMILES string of the molecule is C#CC#CC#CC#CC#CC#CC#CC#Cc1c(C#CC#CC#CC#CC#CC#CC#C)/c(=C/C2C(C#CC#CC#CC#CC)CC([CH]C3CC(C)C(C)C(C#C)C3C#CC#C)CC2C#CC#CC#CC#CC#CC)cc/c1=C/C1CC(C#CC#CC#CC#CC#CC#CC#CC#CC#CC#CC)C(NC)C(C#CC#CC#CC#CC#CC#CC#CC#CC#CC#CC#CC)C1. The Kier molecular flexibility index (Phi) is 54.7. The standard InChI is InChI=1S/C130H54N/c1-12-20-27-33-39-44-48-52-55-57-59-60-62-64-66-68-71-76-82-88-94-100-123-111-117(110-122(130(123)131-11)99-93-87-81-75-70-67-65-63-61-58-56-53-49-45-40-34-28-21-13-2)109-120-104-105-121(127(103-96-90-84-77-72-51-47-42-36-30-23-15-4)126(120)102-95-89-83-78-73-69-54-50-46-41-35-29-22-14-3)113-129-118(97-91-85-79-38-32-25-17-6)107-116(108-119(129)98-92-86-80-74-43-37-31-24-16-5)112-124-106-114(9)115(10)125(19-8)128(124)101-26-18-7/h3-4,7-8,104-105,109,112-119,122-125,128-131H,106-108,110-111H2,1-2,5-6,9-11H3/b120-109-,121-113+. The molecule has 0 aliphatic heterocycles. The lowest BCUT2D eigenvalue weighted by Gasteiger charge is -2.44. The highest BCUT2D eigenvalue weighted by Gasteiger charge is 2.43. The summed E-state index contributed by atoms with van der Waals surface area (Å²) in [6.45, 7) is 11.1. The molecule has 13 unspecified atom stereocenters. The Hall–Kier alpha value is -22.2. The van der Waals surface area contributed by atoms with Crippen LogP contribution >= 0.6 is 0 Å². The van der Waals surface area contributed by atoms with Gasteiger partial charge in [0, 0.05) is 94.1 Å². The Balaban J connectivity index is 2.23. The van der Waals surface area contributed by atoms with E-state index in [1.165, 1.54) is 0 Å². The van der Waals surface area contributed by atoms with Crippen LogP contribution in [0.5, 0.6) is 0 Å². The molecule has 3 saturated carbocycles. The molecule has 1 aromatic carbocycles. The molecule has 1 nitrogen and oxygen atoms in total. The summed E-state index contributed by atoms with van der Waals surface area (Å²) >= 11 is 0. The summed E-state index contributed by atoms with van der Waals surface area (Å²) in [4.78, 5) is 0. The summed E-state index contributed by atoms with van der Waals surface area (Å²) in [6, 6.07) is 3.67. The first-order valence-electron chi connectivity index (χ1n) is 38.7. The first-order chi connectivity index (χ1) is 64.7. The molecule has 0 amide bonds. The topological polar surface area (TPSA) is 12.0 Å². The fourth-order valence-corrected chi connectivity index (χ4v) is 11.7. The molecule has 1 radical (unpaired) electrons. The Bertz CT molecular complexity index is 8380. The Morgan fingerprint density at radius 2 is 0.504 bits per heavy atom.